The zero-order valence-electron chi connectivity index (χ0n) is 43.8. The number of cyclic esters (lactones) is 1. The monoisotopic (exact) mass is 1080 g/mol. The van der Waals surface area contributed by atoms with Crippen LogP contribution < -0.4 is 5.32 Å². The predicted octanol–water partition coefficient (Wildman–Crippen LogP) is 2.85. The van der Waals surface area contributed by atoms with E-state index in [0.717, 1.165) is 0 Å². The molecule has 0 saturated carbocycles. The summed E-state index contributed by atoms with van der Waals surface area (Å²) in [5.41, 5.74) is 0. The molecule has 2 bridgehead atoms. The molecule has 1 amide bonds. The standard InChI is InChI=1S/C54H81NO21/c1-7-25-71-52(67)55-46-48(63)35(6)73-51(49(46)64)74-39-22-20-18-16-14-12-10-9-11-13-15-17-19-21-32(3)47(62)33(4)34(5)72-44(61)28-37(57)26-36(56)23-24-40(59)41(60)27-38(58)30-54(69)31-43(75-53(68)70-8-2)45(50(65)66)42(29-39)76-54/h7,9-22,32-43,45-49,51,56-60,62-64,69H,1,8,23-31H2,2-6H3,(H,55,67)(H,65,66)/b10-9+,13-11+,14-12+,17-15+,18-16+,21-19+,22-20+. The Kier molecular flexibility index (Phi) is 28.5. The van der Waals surface area contributed by atoms with Gasteiger partial charge in [0.05, 0.1) is 74.0 Å². The van der Waals surface area contributed by atoms with Crippen molar-refractivity contribution in [2.45, 2.75) is 183 Å². The molecule has 11 N–H and O–H groups in total. The van der Waals surface area contributed by atoms with Gasteiger partial charge in [-0.2, -0.15) is 0 Å². The maximum absolute atomic E-state index is 13.1. The van der Waals surface area contributed by atoms with E-state index in [1.54, 1.807) is 86.8 Å². The minimum absolute atomic E-state index is 0.155. The summed E-state index contributed by atoms with van der Waals surface area (Å²) in [6.07, 6.45) is -0.193. The number of aliphatic hydroxyl groups is 9. The van der Waals surface area contributed by atoms with E-state index in [1.165, 1.54) is 32.1 Å². The van der Waals surface area contributed by atoms with Gasteiger partial charge in [0.15, 0.2) is 12.1 Å². The highest BCUT2D eigenvalue weighted by atomic mass is 16.7. The van der Waals surface area contributed by atoms with Crippen LogP contribution in [0.5, 0.6) is 0 Å². The number of ether oxygens (including phenoxy) is 7. The minimum atomic E-state index is -2.48. The molecule has 0 aliphatic carbocycles. The number of allylic oxidation sites excluding steroid dienone is 12. The lowest BCUT2D eigenvalue weighted by Gasteiger charge is -2.46. The molecule has 428 valence electrons. The molecular formula is C54H81NO21. The Morgan fingerprint density at radius 3 is 1.93 bits per heavy atom. The van der Waals surface area contributed by atoms with Crippen LogP contribution >= 0.6 is 0 Å². The molecule has 19 unspecified atom stereocenters. The highest BCUT2D eigenvalue weighted by molar-refractivity contribution is 5.72. The van der Waals surface area contributed by atoms with Gasteiger partial charge in [-0.3, -0.25) is 9.59 Å². The van der Waals surface area contributed by atoms with Crippen molar-refractivity contribution >= 4 is 24.2 Å². The fraction of sp³-hybridized carbons (Fsp3) is 0.630. The van der Waals surface area contributed by atoms with Crippen molar-refractivity contribution in [3.63, 3.8) is 0 Å². The number of aliphatic carboxylic acids is 1. The van der Waals surface area contributed by atoms with Gasteiger partial charge in [0, 0.05) is 37.5 Å². The Labute approximate surface area is 443 Å². The highest BCUT2D eigenvalue weighted by Crippen LogP contribution is 2.40. The summed E-state index contributed by atoms with van der Waals surface area (Å²) in [5, 5.41) is 113. The van der Waals surface area contributed by atoms with Gasteiger partial charge in [-0.25, -0.2) is 9.59 Å². The molecule has 19 atom stereocenters. The van der Waals surface area contributed by atoms with Crippen LogP contribution in [0.4, 0.5) is 9.59 Å². The maximum atomic E-state index is 13.1. The summed E-state index contributed by atoms with van der Waals surface area (Å²) in [6, 6.07) is -1.40. The molecule has 0 radical (unpaired) electrons. The zero-order chi connectivity index (χ0) is 56.5. The molecule has 2 fully saturated rings. The number of nitrogens with one attached hydrogen (secondary N) is 1. The molecule has 0 aromatic carbocycles. The van der Waals surface area contributed by atoms with Crippen LogP contribution in [-0.2, 0) is 42.7 Å². The first-order chi connectivity index (χ1) is 36.0. The highest BCUT2D eigenvalue weighted by Gasteiger charge is 2.53. The SMILES string of the molecule is C=CCOC(=O)NC1C(O)C(C)OC(OC2/C=C/C=C/C=C/C=C/C=C/C=C/C=C/C(C)C(O)C(C)C(C)OC(=O)CC(O)CC(O)CCC(O)C(O)CC(O)CC3(O)CC(OC(=O)OCC)C(C(=O)O)C(C2)O3)C1O. The molecule has 0 spiro atoms. The van der Waals surface area contributed by atoms with Crippen LogP contribution in [0.1, 0.15) is 86.0 Å². The largest absolute Gasteiger partial charge is 0.508 e. The van der Waals surface area contributed by atoms with E-state index in [-0.39, 0.29) is 38.4 Å². The lowest BCUT2D eigenvalue weighted by Crippen LogP contribution is -2.64. The fourth-order valence-electron chi connectivity index (χ4n) is 8.78. The van der Waals surface area contributed by atoms with Crippen LogP contribution in [-0.4, -0.2) is 186 Å². The van der Waals surface area contributed by atoms with Gasteiger partial charge in [-0.15, -0.1) is 0 Å². The van der Waals surface area contributed by atoms with E-state index in [1.807, 2.05) is 6.92 Å². The van der Waals surface area contributed by atoms with Crippen molar-refractivity contribution in [3.8, 4) is 0 Å². The van der Waals surface area contributed by atoms with Crippen molar-refractivity contribution in [2.24, 2.45) is 17.8 Å². The first-order valence-electron chi connectivity index (χ1n) is 25.6. The Bertz CT molecular complexity index is 2020. The first-order valence-corrected chi connectivity index (χ1v) is 25.6. The van der Waals surface area contributed by atoms with Crippen molar-refractivity contribution in [3.05, 3.63) is 97.7 Å². The summed E-state index contributed by atoms with van der Waals surface area (Å²) >= 11 is 0. The molecule has 2 saturated heterocycles. The van der Waals surface area contributed by atoms with Crippen LogP contribution in [0.25, 0.3) is 0 Å². The van der Waals surface area contributed by atoms with Crippen molar-refractivity contribution < 1.29 is 103 Å². The number of amides is 1. The van der Waals surface area contributed by atoms with Gasteiger partial charge >= 0.3 is 24.2 Å². The summed E-state index contributed by atoms with van der Waals surface area (Å²) < 4.78 is 39.0. The molecule has 22 nitrogen and oxygen atoms in total. The van der Waals surface area contributed by atoms with Gasteiger partial charge in [0.1, 0.15) is 36.9 Å². The van der Waals surface area contributed by atoms with Crippen LogP contribution in [0.2, 0.25) is 0 Å². The third-order valence-corrected chi connectivity index (χ3v) is 13.1. The number of aliphatic hydroxyl groups excluding tert-OH is 8. The molecule has 3 heterocycles. The number of carbonyl (C=O) groups is 4. The van der Waals surface area contributed by atoms with Crippen LogP contribution in [0, 0.1) is 17.8 Å². The Morgan fingerprint density at radius 1 is 0.737 bits per heavy atom. The van der Waals surface area contributed by atoms with Crippen molar-refractivity contribution in [2.75, 3.05) is 13.2 Å². The lowest BCUT2D eigenvalue weighted by atomic mass is 9.82. The molecule has 22 heteroatoms. The maximum Gasteiger partial charge on any atom is 0.508 e. The number of carboxylic acid groups (broad SMARTS) is 1. The molecule has 3 rings (SSSR count). The van der Waals surface area contributed by atoms with Crippen molar-refractivity contribution in [1.82, 2.24) is 5.32 Å². The van der Waals surface area contributed by atoms with E-state index < -0.39 is 166 Å². The van der Waals surface area contributed by atoms with Gasteiger partial charge < -0.3 is 89.5 Å². The number of carbonyl (C=O) groups excluding carboxylic acids is 3. The number of esters is 1. The number of rotatable bonds is 8. The minimum Gasteiger partial charge on any atom is -0.481 e. The third kappa shape index (κ3) is 22.5. The molecule has 76 heavy (non-hydrogen) atoms. The molecular weight excluding hydrogens is 999 g/mol. The first kappa shape index (κ1) is 65.2. The lowest BCUT2D eigenvalue weighted by molar-refractivity contribution is -0.309. The van der Waals surface area contributed by atoms with Crippen molar-refractivity contribution in [1.29, 1.82) is 0 Å². The normalized spacial score (nSPS) is 40.3. The van der Waals surface area contributed by atoms with E-state index in [4.69, 9.17) is 33.2 Å². The fourth-order valence-corrected chi connectivity index (χ4v) is 8.78. The van der Waals surface area contributed by atoms with E-state index in [2.05, 4.69) is 11.9 Å². The Morgan fingerprint density at radius 2 is 1.34 bits per heavy atom. The Balaban J connectivity index is 2.01. The summed E-state index contributed by atoms with van der Waals surface area (Å²) in [4.78, 5) is 51.0. The number of carboxylic acids is 1. The second-order valence-electron chi connectivity index (χ2n) is 19.3. The van der Waals surface area contributed by atoms with Crippen LogP contribution in [0.15, 0.2) is 97.7 Å². The van der Waals surface area contributed by atoms with Gasteiger partial charge in [0.2, 0.25) is 0 Å². The average Bonchev–Trinajstić information content (AvgIpc) is 3.33. The molecule has 3 aliphatic heterocycles. The molecule has 0 aromatic rings. The van der Waals surface area contributed by atoms with Crippen LogP contribution in [0.3, 0.4) is 0 Å². The number of alkyl carbamates (subject to hydrolysis) is 1. The number of hydrogen-bond acceptors (Lipinski definition) is 20. The smallest absolute Gasteiger partial charge is 0.481 e. The molecule has 0 aromatic heterocycles. The van der Waals surface area contributed by atoms with E-state index >= 15 is 0 Å². The number of fused-ring (bicyclic) bond motifs is 2. The van der Waals surface area contributed by atoms with E-state index in [9.17, 15) is 70.2 Å². The summed E-state index contributed by atoms with van der Waals surface area (Å²) in [6.45, 7) is 11.2. The van der Waals surface area contributed by atoms with Gasteiger partial charge in [-0.1, -0.05) is 112 Å². The second kappa shape index (κ2) is 33.3. The summed E-state index contributed by atoms with van der Waals surface area (Å²) in [7, 11) is 0. The average molecular weight is 1080 g/mol. The Hall–Kier alpha value is -5.08. The van der Waals surface area contributed by atoms with Gasteiger partial charge in [-0.05, 0) is 40.0 Å². The predicted molar refractivity (Wildman–Crippen MR) is 273 cm³/mol. The zero-order valence-corrected chi connectivity index (χ0v) is 43.8. The quantitative estimate of drug-likeness (QED) is 0.0945. The number of hydrogen-bond donors (Lipinski definition) is 11. The van der Waals surface area contributed by atoms with Gasteiger partial charge in [0.25, 0.3) is 0 Å². The topological polar surface area (TPSA) is 347 Å². The second-order valence-corrected chi connectivity index (χ2v) is 19.3. The van der Waals surface area contributed by atoms with E-state index in [0.29, 0.717) is 0 Å². The third-order valence-electron chi connectivity index (χ3n) is 13.1. The molecule has 3 aliphatic rings. The summed E-state index contributed by atoms with van der Waals surface area (Å²) in [5.74, 6) is -7.29.